The Bertz CT molecular complexity index is 681. The molecule has 0 aliphatic rings. The number of hydrogen-bond donors (Lipinski definition) is 3. The highest BCUT2D eigenvalue weighted by molar-refractivity contribution is 6.03. The normalized spacial score (nSPS) is 11.2. The van der Waals surface area contributed by atoms with E-state index in [0.717, 1.165) is 0 Å². The van der Waals surface area contributed by atoms with Crippen molar-refractivity contribution in [1.82, 2.24) is 5.43 Å². The molecule has 0 aliphatic heterocycles. The van der Waals surface area contributed by atoms with Gasteiger partial charge in [0, 0.05) is 11.1 Å². The van der Waals surface area contributed by atoms with Crippen LogP contribution in [0.1, 0.15) is 29.3 Å². The van der Waals surface area contributed by atoms with Gasteiger partial charge in [-0.15, -0.1) is 0 Å². The van der Waals surface area contributed by atoms with Crippen LogP contribution in [-0.2, 0) is 0 Å². The van der Waals surface area contributed by atoms with Crippen LogP contribution in [-0.4, -0.2) is 21.8 Å². The highest BCUT2D eigenvalue weighted by Crippen LogP contribution is 2.18. The highest BCUT2D eigenvalue weighted by atomic mass is 16.3. The van der Waals surface area contributed by atoms with Crippen molar-refractivity contribution in [1.29, 1.82) is 0 Å². The molecule has 5 heteroatoms. The van der Waals surface area contributed by atoms with Crippen molar-refractivity contribution in [2.45, 2.75) is 13.3 Å². The molecule has 1 amide bonds. The van der Waals surface area contributed by atoms with E-state index in [1.807, 2.05) is 6.92 Å². The van der Waals surface area contributed by atoms with Crippen molar-refractivity contribution in [2.75, 3.05) is 0 Å². The summed E-state index contributed by atoms with van der Waals surface area (Å²) in [5, 5.41) is 23.2. The first kappa shape index (κ1) is 14.6. The first-order chi connectivity index (χ1) is 10.1. The monoisotopic (exact) mass is 284 g/mol. The summed E-state index contributed by atoms with van der Waals surface area (Å²) in [6.07, 6.45) is 0.553. The molecule has 0 bridgehead atoms. The van der Waals surface area contributed by atoms with E-state index < -0.39 is 5.91 Å². The number of benzene rings is 2. The molecule has 0 heterocycles. The van der Waals surface area contributed by atoms with E-state index in [2.05, 4.69) is 10.5 Å². The molecule has 0 unspecified atom stereocenters. The lowest BCUT2D eigenvalue weighted by molar-refractivity contribution is 0.0954. The number of nitrogens with zero attached hydrogens (tertiary/aromatic N) is 1. The molecule has 3 N–H and O–H groups in total. The molecular weight excluding hydrogens is 268 g/mol. The topological polar surface area (TPSA) is 81.9 Å². The largest absolute Gasteiger partial charge is 0.508 e. The van der Waals surface area contributed by atoms with Crippen molar-refractivity contribution >= 4 is 11.6 Å². The van der Waals surface area contributed by atoms with E-state index in [-0.39, 0.29) is 11.5 Å². The van der Waals surface area contributed by atoms with E-state index in [4.69, 9.17) is 0 Å². The maximum atomic E-state index is 11.9. The fourth-order valence-corrected chi connectivity index (χ4v) is 1.88. The number of aromatic hydroxyl groups is 2. The zero-order chi connectivity index (χ0) is 15.2. The number of phenolic OH excluding ortho intramolecular Hbond substituents is 2. The zero-order valence-electron chi connectivity index (χ0n) is 11.6. The predicted molar refractivity (Wildman–Crippen MR) is 80.5 cm³/mol. The molecule has 0 aromatic heterocycles. The van der Waals surface area contributed by atoms with Gasteiger partial charge in [0.15, 0.2) is 0 Å². The predicted octanol–water partition coefficient (Wildman–Crippen LogP) is 2.64. The highest BCUT2D eigenvalue weighted by Gasteiger charge is 2.09. The van der Waals surface area contributed by atoms with E-state index >= 15 is 0 Å². The molecule has 0 saturated heterocycles. The molecular formula is C16H16N2O3. The molecule has 2 rings (SSSR count). The SMILES string of the molecule is CC/C(=N\NC(=O)c1cccc(O)c1)c1ccccc1O. The van der Waals surface area contributed by atoms with Gasteiger partial charge in [0.1, 0.15) is 11.5 Å². The second-order valence-corrected chi connectivity index (χ2v) is 4.42. The molecule has 0 spiro atoms. The number of hydrogen-bond acceptors (Lipinski definition) is 4. The Morgan fingerprint density at radius 3 is 2.57 bits per heavy atom. The quantitative estimate of drug-likeness (QED) is 0.596. The van der Waals surface area contributed by atoms with Crippen LogP contribution in [0, 0.1) is 0 Å². The standard InChI is InChI=1S/C16H16N2O3/c1-2-14(13-8-3-4-9-15(13)20)17-18-16(21)11-6-5-7-12(19)10-11/h3-10,19-20H,2H2,1H3,(H,18,21)/b17-14+. The van der Waals surface area contributed by atoms with Gasteiger partial charge < -0.3 is 10.2 Å². The van der Waals surface area contributed by atoms with E-state index in [1.165, 1.54) is 12.1 Å². The minimum absolute atomic E-state index is 0.0167. The molecule has 108 valence electrons. The molecule has 2 aromatic carbocycles. The minimum Gasteiger partial charge on any atom is -0.508 e. The summed E-state index contributed by atoms with van der Waals surface area (Å²) in [6, 6.07) is 12.8. The third-order valence-electron chi connectivity index (χ3n) is 2.95. The molecule has 5 nitrogen and oxygen atoms in total. The molecule has 0 radical (unpaired) electrons. The number of carbonyl (C=O) groups is 1. The number of nitrogens with one attached hydrogen (secondary N) is 1. The lowest BCUT2D eigenvalue weighted by atomic mass is 10.1. The smallest absolute Gasteiger partial charge is 0.271 e. The van der Waals surface area contributed by atoms with Gasteiger partial charge in [0.2, 0.25) is 0 Å². The van der Waals surface area contributed by atoms with Crippen molar-refractivity contribution in [3.05, 3.63) is 59.7 Å². The van der Waals surface area contributed by atoms with Gasteiger partial charge in [-0.2, -0.15) is 5.10 Å². The summed E-state index contributed by atoms with van der Waals surface area (Å²) in [7, 11) is 0. The fourth-order valence-electron chi connectivity index (χ4n) is 1.88. The minimum atomic E-state index is -0.424. The lowest BCUT2D eigenvalue weighted by Gasteiger charge is -2.07. The van der Waals surface area contributed by atoms with Crippen LogP contribution < -0.4 is 5.43 Å². The third-order valence-corrected chi connectivity index (χ3v) is 2.95. The zero-order valence-corrected chi connectivity index (χ0v) is 11.6. The number of rotatable bonds is 4. The van der Waals surface area contributed by atoms with Crippen LogP contribution in [0.2, 0.25) is 0 Å². The molecule has 21 heavy (non-hydrogen) atoms. The van der Waals surface area contributed by atoms with Crippen molar-refractivity contribution < 1.29 is 15.0 Å². The van der Waals surface area contributed by atoms with Gasteiger partial charge >= 0.3 is 0 Å². The summed E-state index contributed by atoms with van der Waals surface area (Å²) in [6.45, 7) is 1.88. The average molecular weight is 284 g/mol. The lowest BCUT2D eigenvalue weighted by Crippen LogP contribution is -2.19. The summed E-state index contributed by atoms with van der Waals surface area (Å²) >= 11 is 0. The molecule has 2 aromatic rings. The second-order valence-electron chi connectivity index (χ2n) is 4.42. The van der Waals surface area contributed by atoms with Crippen LogP contribution >= 0.6 is 0 Å². The molecule has 0 aliphatic carbocycles. The number of hydrazone groups is 1. The van der Waals surface area contributed by atoms with Gasteiger partial charge in [0.05, 0.1) is 5.71 Å². The Labute approximate surface area is 122 Å². The van der Waals surface area contributed by atoms with E-state index in [1.54, 1.807) is 36.4 Å². The van der Waals surface area contributed by atoms with Crippen molar-refractivity contribution in [3.63, 3.8) is 0 Å². The van der Waals surface area contributed by atoms with Crippen LogP contribution in [0.15, 0.2) is 53.6 Å². The van der Waals surface area contributed by atoms with Gasteiger partial charge in [0.25, 0.3) is 5.91 Å². The summed E-state index contributed by atoms with van der Waals surface area (Å²) in [4.78, 5) is 11.9. The first-order valence-electron chi connectivity index (χ1n) is 6.56. The Morgan fingerprint density at radius 1 is 1.14 bits per heavy atom. The van der Waals surface area contributed by atoms with Crippen LogP contribution in [0.5, 0.6) is 11.5 Å². The van der Waals surface area contributed by atoms with Gasteiger partial charge in [-0.3, -0.25) is 4.79 Å². The van der Waals surface area contributed by atoms with Crippen molar-refractivity contribution in [3.8, 4) is 11.5 Å². The first-order valence-corrected chi connectivity index (χ1v) is 6.56. The Kier molecular flexibility index (Phi) is 4.56. The van der Waals surface area contributed by atoms with E-state index in [0.29, 0.717) is 23.3 Å². The van der Waals surface area contributed by atoms with Crippen LogP contribution in [0.3, 0.4) is 0 Å². The number of para-hydroxylation sites is 1. The Balaban J connectivity index is 2.19. The Morgan fingerprint density at radius 2 is 1.90 bits per heavy atom. The van der Waals surface area contributed by atoms with Gasteiger partial charge in [-0.05, 0) is 36.8 Å². The van der Waals surface area contributed by atoms with E-state index in [9.17, 15) is 15.0 Å². The number of phenols is 2. The maximum Gasteiger partial charge on any atom is 0.271 e. The number of carbonyl (C=O) groups excluding carboxylic acids is 1. The maximum absolute atomic E-state index is 11.9. The van der Waals surface area contributed by atoms with Gasteiger partial charge in [-0.1, -0.05) is 25.1 Å². The number of amides is 1. The molecule has 0 fully saturated rings. The molecule has 0 atom stereocenters. The van der Waals surface area contributed by atoms with Crippen LogP contribution in [0.25, 0.3) is 0 Å². The van der Waals surface area contributed by atoms with Gasteiger partial charge in [-0.25, -0.2) is 5.43 Å². The summed E-state index contributed by atoms with van der Waals surface area (Å²) in [5.41, 5.74) is 3.89. The summed E-state index contributed by atoms with van der Waals surface area (Å²) in [5.74, 6) is -0.292. The second kappa shape index (κ2) is 6.56. The van der Waals surface area contributed by atoms with Crippen molar-refractivity contribution in [2.24, 2.45) is 5.10 Å². The third kappa shape index (κ3) is 3.60. The fraction of sp³-hybridized carbons (Fsp3) is 0.125. The molecule has 0 saturated carbocycles. The van der Waals surface area contributed by atoms with Crippen LogP contribution in [0.4, 0.5) is 0 Å². The average Bonchev–Trinajstić information content (AvgIpc) is 2.49. The Hall–Kier alpha value is -2.82. The summed E-state index contributed by atoms with van der Waals surface area (Å²) < 4.78 is 0.